The van der Waals surface area contributed by atoms with E-state index in [0.717, 1.165) is 46.4 Å². The first kappa shape index (κ1) is 32.2. The first-order chi connectivity index (χ1) is 22.7. The number of aromatic hydroxyl groups is 1. The van der Waals surface area contributed by atoms with E-state index >= 15 is 0 Å². The number of nitrogens with zero attached hydrogens (tertiary/aromatic N) is 4. The third-order valence-corrected chi connectivity index (χ3v) is 9.90. The molecule has 4 amide bonds. The van der Waals surface area contributed by atoms with Crippen LogP contribution in [0.2, 0.25) is 0 Å². The Morgan fingerprint density at radius 1 is 0.957 bits per heavy atom. The zero-order chi connectivity index (χ0) is 33.1. The van der Waals surface area contributed by atoms with Crippen molar-refractivity contribution in [1.29, 1.82) is 0 Å². The van der Waals surface area contributed by atoms with Crippen molar-refractivity contribution in [3.8, 4) is 5.75 Å². The molecule has 2 N–H and O–H groups in total. The van der Waals surface area contributed by atoms with Gasteiger partial charge in [0.1, 0.15) is 5.75 Å². The minimum atomic E-state index is -1.02. The predicted molar refractivity (Wildman–Crippen MR) is 176 cm³/mol. The van der Waals surface area contributed by atoms with Gasteiger partial charge < -0.3 is 35.1 Å². The number of phenolic OH excluding ortho intramolecular Hbond substituents is 1. The van der Waals surface area contributed by atoms with Crippen molar-refractivity contribution in [2.75, 3.05) is 38.0 Å². The number of likely N-dealkylation sites (tertiary alicyclic amines) is 2. The van der Waals surface area contributed by atoms with Crippen molar-refractivity contribution in [1.82, 2.24) is 14.7 Å². The number of carbonyl (C=O) groups excluding carboxylic acids is 3. The number of amides is 4. The van der Waals surface area contributed by atoms with Gasteiger partial charge in [-0.3, -0.25) is 4.79 Å². The van der Waals surface area contributed by atoms with E-state index in [2.05, 4.69) is 5.32 Å². The van der Waals surface area contributed by atoms with Crippen molar-refractivity contribution in [2.45, 2.75) is 70.4 Å². The van der Waals surface area contributed by atoms with Crippen LogP contribution in [0.15, 0.2) is 60.9 Å². The summed E-state index contributed by atoms with van der Waals surface area (Å²) in [4.78, 5) is 45.9. The largest absolute Gasteiger partial charge is 0.619 e. The zero-order valence-corrected chi connectivity index (χ0v) is 27.1. The molecule has 0 radical (unpaired) electrons. The van der Waals surface area contributed by atoms with Crippen LogP contribution in [0.5, 0.6) is 5.75 Å². The highest BCUT2D eigenvalue weighted by Gasteiger charge is 2.36. The standard InChI is InChI=1S/C36H43N5O6/c1-24-21-26(22-25(2)33(24)42)23-32(34(43)38-14-7-27(8-15-38)28-9-18-40(46)19-10-28)47-36(45)39-16-12-30(13-17-39)41-20-11-29-5-3-4-6-31(29)37-35(41)44/h3-6,9-10,18-19,21-22,27,30,32,42H,7-8,11-17,20,23H2,1-2H3,(H,37,44)/t32-/m1/s1. The van der Waals surface area contributed by atoms with Crippen LogP contribution in [0, 0.1) is 19.1 Å². The molecule has 3 aliphatic rings. The number of pyridine rings is 1. The van der Waals surface area contributed by atoms with Gasteiger partial charge in [-0.15, -0.1) is 0 Å². The summed E-state index contributed by atoms with van der Waals surface area (Å²) in [5, 5.41) is 24.8. The van der Waals surface area contributed by atoms with Gasteiger partial charge in [-0.1, -0.05) is 30.3 Å². The van der Waals surface area contributed by atoms with Gasteiger partial charge >= 0.3 is 12.1 Å². The van der Waals surface area contributed by atoms with Gasteiger partial charge in [0, 0.05) is 63.0 Å². The first-order valence-electron chi connectivity index (χ1n) is 16.5. The molecular formula is C36H43N5O6. The van der Waals surface area contributed by atoms with Crippen LogP contribution in [0.4, 0.5) is 15.3 Å². The molecule has 11 nitrogen and oxygen atoms in total. The molecule has 47 heavy (non-hydrogen) atoms. The number of aromatic nitrogens is 1. The molecule has 11 heteroatoms. The lowest BCUT2D eigenvalue weighted by atomic mass is 9.90. The molecule has 0 bridgehead atoms. The van der Waals surface area contributed by atoms with Gasteiger partial charge in [-0.2, -0.15) is 4.73 Å². The molecule has 0 saturated carbocycles. The second-order valence-electron chi connectivity index (χ2n) is 13.0. The fraction of sp³-hybridized carbons (Fsp3) is 0.444. The maximum Gasteiger partial charge on any atom is 0.410 e. The molecule has 0 unspecified atom stereocenters. The van der Waals surface area contributed by atoms with Crippen molar-refractivity contribution in [2.24, 2.45) is 0 Å². The second-order valence-corrected chi connectivity index (χ2v) is 13.0. The number of fused-ring (bicyclic) bond motifs is 1. The number of benzene rings is 2. The number of hydrogen-bond acceptors (Lipinski definition) is 6. The number of rotatable bonds is 6. The average molecular weight is 642 g/mol. The summed E-state index contributed by atoms with van der Waals surface area (Å²) < 4.78 is 6.78. The Morgan fingerprint density at radius 3 is 2.28 bits per heavy atom. The highest BCUT2D eigenvalue weighted by atomic mass is 16.6. The van der Waals surface area contributed by atoms with E-state index in [-0.39, 0.29) is 36.1 Å². The maximum absolute atomic E-state index is 14.0. The SMILES string of the molecule is Cc1cc(C[C@@H](OC(=O)N2CCC(N3CCc4ccccc4NC3=O)CC2)C(=O)N2CCC(c3cc[n+]([O-])cc3)CC2)cc(C)c1O. The molecule has 6 rings (SSSR count). The summed E-state index contributed by atoms with van der Waals surface area (Å²) in [6.45, 7) is 6.11. The number of urea groups is 1. The maximum atomic E-state index is 14.0. The van der Waals surface area contributed by atoms with E-state index in [4.69, 9.17) is 4.74 Å². The molecule has 1 atom stereocenters. The molecule has 1 aromatic heterocycles. The second kappa shape index (κ2) is 13.9. The smallest absolute Gasteiger partial charge is 0.410 e. The van der Waals surface area contributed by atoms with E-state index in [0.29, 0.717) is 56.7 Å². The molecular weight excluding hydrogens is 598 g/mol. The summed E-state index contributed by atoms with van der Waals surface area (Å²) in [6, 6.07) is 15.0. The molecule has 0 aliphatic carbocycles. The lowest BCUT2D eigenvalue weighted by molar-refractivity contribution is -0.605. The normalized spacial score (nSPS) is 18.3. The number of aryl methyl sites for hydroxylation is 2. The highest BCUT2D eigenvalue weighted by Crippen LogP contribution is 2.30. The lowest BCUT2D eigenvalue weighted by Crippen LogP contribution is -2.51. The molecule has 3 aromatic rings. The quantitative estimate of drug-likeness (QED) is 0.298. The van der Waals surface area contributed by atoms with Crippen molar-refractivity contribution in [3.63, 3.8) is 0 Å². The number of nitrogens with one attached hydrogen (secondary N) is 1. The van der Waals surface area contributed by atoms with Crippen molar-refractivity contribution < 1.29 is 29.0 Å². The molecule has 2 saturated heterocycles. The van der Waals surface area contributed by atoms with Crippen molar-refractivity contribution in [3.05, 3.63) is 93.9 Å². The molecule has 248 valence electrons. The number of hydrogen-bond donors (Lipinski definition) is 2. The number of ether oxygens (including phenoxy) is 1. The van der Waals surface area contributed by atoms with Crippen LogP contribution in [-0.2, 0) is 22.4 Å². The third kappa shape index (κ3) is 7.29. The van der Waals surface area contributed by atoms with Crippen LogP contribution in [0.3, 0.4) is 0 Å². The van der Waals surface area contributed by atoms with Crippen LogP contribution < -0.4 is 10.0 Å². The van der Waals surface area contributed by atoms with E-state index in [1.165, 1.54) is 12.4 Å². The zero-order valence-electron chi connectivity index (χ0n) is 27.1. The number of carbonyl (C=O) groups is 3. The van der Waals surface area contributed by atoms with Gasteiger partial charge in [0.25, 0.3) is 5.91 Å². The third-order valence-electron chi connectivity index (χ3n) is 9.90. The Labute approximate surface area is 275 Å². The van der Waals surface area contributed by atoms with Gasteiger partial charge in [-0.05, 0) is 85.8 Å². The van der Waals surface area contributed by atoms with Crippen LogP contribution >= 0.6 is 0 Å². The molecule has 4 heterocycles. The highest BCUT2D eigenvalue weighted by molar-refractivity contribution is 5.91. The average Bonchev–Trinajstić information content (AvgIpc) is 3.25. The Morgan fingerprint density at radius 2 is 1.60 bits per heavy atom. The monoisotopic (exact) mass is 641 g/mol. The number of piperidine rings is 2. The van der Waals surface area contributed by atoms with E-state index in [1.54, 1.807) is 9.80 Å². The van der Waals surface area contributed by atoms with E-state index < -0.39 is 12.2 Å². The molecule has 2 aromatic carbocycles. The summed E-state index contributed by atoms with van der Waals surface area (Å²) >= 11 is 0. The molecule has 0 spiro atoms. The summed E-state index contributed by atoms with van der Waals surface area (Å²) in [5.74, 6) is 0.218. The minimum Gasteiger partial charge on any atom is -0.619 e. The van der Waals surface area contributed by atoms with Gasteiger partial charge in [-0.25, -0.2) is 9.59 Å². The first-order valence-corrected chi connectivity index (χ1v) is 16.5. The lowest BCUT2D eigenvalue weighted by Gasteiger charge is -2.38. The summed E-state index contributed by atoms with van der Waals surface area (Å²) in [6.07, 6.45) is 5.12. The number of phenols is 1. The topological polar surface area (TPSA) is 129 Å². The molecule has 3 aliphatic heterocycles. The van der Waals surface area contributed by atoms with Gasteiger partial charge in [0.15, 0.2) is 18.5 Å². The van der Waals surface area contributed by atoms with Crippen LogP contribution in [0.1, 0.15) is 59.4 Å². The van der Waals surface area contributed by atoms with Crippen LogP contribution in [0.25, 0.3) is 0 Å². The summed E-state index contributed by atoms with van der Waals surface area (Å²) in [5.41, 5.74) is 5.23. The van der Waals surface area contributed by atoms with E-state index in [9.17, 15) is 24.7 Å². The Bertz CT molecular complexity index is 1590. The predicted octanol–water partition coefficient (Wildman–Crippen LogP) is 4.65. The minimum absolute atomic E-state index is 0.00142. The van der Waals surface area contributed by atoms with E-state index in [1.807, 2.05) is 67.3 Å². The van der Waals surface area contributed by atoms with Crippen molar-refractivity contribution >= 4 is 23.7 Å². The Kier molecular flexibility index (Phi) is 9.51. The Balaban J connectivity index is 1.10. The fourth-order valence-corrected chi connectivity index (χ4v) is 7.18. The number of anilines is 1. The van der Waals surface area contributed by atoms with Gasteiger partial charge in [0.2, 0.25) is 0 Å². The van der Waals surface area contributed by atoms with Crippen LogP contribution in [-0.4, -0.2) is 82.7 Å². The number of para-hydroxylation sites is 1. The molecule has 2 fully saturated rings. The summed E-state index contributed by atoms with van der Waals surface area (Å²) in [7, 11) is 0. The fourth-order valence-electron chi connectivity index (χ4n) is 7.18. The van der Waals surface area contributed by atoms with Gasteiger partial charge in [0.05, 0.1) is 0 Å². The Hall–Kier alpha value is -4.80.